The first kappa shape index (κ1) is 8.88. The minimum absolute atomic E-state index is 0.334. The van der Waals surface area contributed by atoms with E-state index in [9.17, 15) is 0 Å². The van der Waals surface area contributed by atoms with Crippen LogP contribution in [0, 0.1) is 0 Å². The molecule has 5 N–H and O–H groups in total. The van der Waals surface area contributed by atoms with Crippen molar-refractivity contribution in [3.8, 4) is 0 Å². The van der Waals surface area contributed by atoms with Gasteiger partial charge in [0.05, 0.1) is 11.6 Å². The van der Waals surface area contributed by atoms with Crippen LogP contribution >= 0.6 is 0 Å². The zero-order chi connectivity index (χ0) is 7.49. The van der Waals surface area contributed by atoms with Crippen LogP contribution in [0.1, 0.15) is 20.3 Å². The Morgan fingerprint density at radius 1 is 1.67 bits per heavy atom. The Morgan fingerprint density at radius 3 is 2.11 bits per heavy atom. The van der Waals surface area contributed by atoms with Crippen LogP contribution in [0.3, 0.4) is 0 Å². The Morgan fingerprint density at radius 2 is 2.11 bits per heavy atom. The fourth-order valence-corrected chi connectivity index (χ4v) is 0.610. The van der Waals surface area contributed by atoms with E-state index in [4.69, 9.17) is 16.6 Å². The first-order valence-corrected chi connectivity index (χ1v) is 3.24. The third-order valence-electron chi connectivity index (χ3n) is 1.87. The lowest BCUT2D eigenvalue weighted by Gasteiger charge is -2.29. The van der Waals surface area contributed by atoms with Gasteiger partial charge in [-0.05, 0) is 13.3 Å². The highest BCUT2D eigenvalue weighted by molar-refractivity contribution is 4.88. The highest BCUT2D eigenvalue weighted by Gasteiger charge is 2.26. The van der Waals surface area contributed by atoms with Crippen LogP contribution in [0.15, 0.2) is 0 Å². The molecule has 3 nitrogen and oxygen atoms in total. The second-order valence-corrected chi connectivity index (χ2v) is 2.47. The molecule has 0 spiro atoms. The lowest BCUT2D eigenvalue weighted by atomic mass is 9.92. The van der Waals surface area contributed by atoms with Gasteiger partial charge in [0.25, 0.3) is 0 Å². The fourth-order valence-electron chi connectivity index (χ4n) is 0.610. The van der Waals surface area contributed by atoms with Gasteiger partial charge in [-0.1, -0.05) is 6.92 Å². The van der Waals surface area contributed by atoms with Crippen LogP contribution in [0.2, 0.25) is 0 Å². The molecule has 0 heterocycles. The van der Waals surface area contributed by atoms with Gasteiger partial charge in [-0.2, -0.15) is 0 Å². The van der Waals surface area contributed by atoms with Crippen molar-refractivity contribution >= 4 is 0 Å². The van der Waals surface area contributed by atoms with Crippen molar-refractivity contribution < 1.29 is 5.11 Å². The molecule has 0 aromatic rings. The van der Waals surface area contributed by atoms with Crippen LogP contribution in [0.4, 0.5) is 0 Å². The van der Waals surface area contributed by atoms with Crippen molar-refractivity contribution in [1.82, 2.24) is 0 Å². The first-order chi connectivity index (χ1) is 4.06. The largest absolute Gasteiger partial charge is 0.391 e. The van der Waals surface area contributed by atoms with Crippen LogP contribution in [0.25, 0.3) is 0 Å². The Hall–Kier alpha value is -0.120. The molecule has 0 saturated carbocycles. The molecule has 3 heteroatoms. The van der Waals surface area contributed by atoms with Gasteiger partial charge in [0.15, 0.2) is 0 Å². The molecule has 0 fully saturated rings. The molecule has 2 unspecified atom stereocenters. The summed E-state index contributed by atoms with van der Waals surface area (Å²) in [6, 6.07) is 0. The van der Waals surface area contributed by atoms with Gasteiger partial charge in [0.2, 0.25) is 0 Å². The van der Waals surface area contributed by atoms with Crippen LogP contribution in [0.5, 0.6) is 0 Å². The minimum Gasteiger partial charge on any atom is -0.391 e. The molecule has 0 saturated heterocycles. The van der Waals surface area contributed by atoms with Crippen molar-refractivity contribution in [3.63, 3.8) is 0 Å². The summed E-state index contributed by atoms with van der Waals surface area (Å²) in [4.78, 5) is 0. The summed E-state index contributed by atoms with van der Waals surface area (Å²) in [6.45, 7) is 3.91. The maximum absolute atomic E-state index is 9.07. The van der Waals surface area contributed by atoms with Crippen LogP contribution in [-0.2, 0) is 0 Å². The quantitative estimate of drug-likeness (QED) is 0.481. The second kappa shape index (κ2) is 3.15. The molecule has 0 rings (SSSR count). The second-order valence-electron chi connectivity index (χ2n) is 2.47. The summed E-state index contributed by atoms with van der Waals surface area (Å²) >= 11 is 0. The Balaban J connectivity index is 3.92. The Labute approximate surface area is 56.0 Å². The SMILES string of the molecule is CCC(N)(CN)C(C)O. The molecule has 0 bridgehead atoms. The number of hydrogen-bond acceptors (Lipinski definition) is 3. The Bertz CT molecular complexity index is 79.1. The molecule has 0 aliphatic rings. The van der Waals surface area contributed by atoms with Gasteiger partial charge in [0.1, 0.15) is 0 Å². The van der Waals surface area contributed by atoms with Crippen molar-refractivity contribution in [1.29, 1.82) is 0 Å². The minimum atomic E-state index is -0.583. The predicted octanol–water partition coefficient (Wildman–Crippen LogP) is -0.567. The number of aliphatic hydroxyl groups excluding tert-OH is 1. The van der Waals surface area contributed by atoms with E-state index in [2.05, 4.69) is 0 Å². The van der Waals surface area contributed by atoms with Crippen molar-refractivity contribution in [2.24, 2.45) is 11.5 Å². The van der Waals surface area contributed by atoms with E-state index in [0.717, 1.165) is 0 Å². The lowest BCUT2D eigenvalue weighted by Crippen LogP contribution is -2.54. The number of nitrogens with two attached hydrogens (primary N) is 2. The molecule has 9 heavy (non-hydrogen) atoms. The summed E-state index contributed by atoms with van der Waals surface area (Å²) in [6.07, 6.45) is 0.189. The molecule has 2 atom stereocenters. The van der Waals surface area contributed by atoms with E-state index in [1.165, 1.54) is 0 Å². The van der Waals surface area contributed by atoms with E-state index in [-0.39, 0.29) is 0 Å². The van der Waals surface area contributed by atoms with E-state index in [0.29, 0.717) is 13.0 Å². The summed E-state index contributed by atoms with van der Waals surface area (Å²) in [5.74, 6) is 0. The third kappa shape index (κ3) is 1.93. The van der Waals surface area contributed by atoms with Gasteiger partial charge < -0.3 is 16.6 Å². The maximum Gasteiger partial charge on any atom is 0.0703 e. The summed E-state index contributed by atoms with van der Waals surface area (Å²) in [5, 5.41) is 9.07. The van der Waals surface area contributed by atoms with E-state index >= 15 is 0 Å². The zero-order valence-electron chi connectivity index (χ0n) is 6.09. The topological polar surface area (TPSA) is 72.3 Å². The molecule has 0 aliphatic heterocycles. The molecular formula is C6H16N2O. The average Bonchev–Trinajstić information content (AvgIpc) is 1.86. The number of rotatable bonds is 3. The van der Waals surface area contributed by atoms with E-state index < -0.39 is 11.6 Å². The van der Waals surface area contributed by atoms with E-state index in [1.807, 2.05) is 6.92 Å². The monoisotopic (exact) mass is 132 g/mol. The van der Waals surface area contributed by atoms with Crippen molar-refractivity contribution in [2.75, 3.05) is 6.54 Å². The van der Waals surface area contributed by atoms with Crippen molar-refractivity contribution in [3.05, 3.63) is 0 Å². The molecule has 56 valence electrons. The molecule has 0 amide bonds. The van der Waals surface area contributed by atoms with Crippen molar-refractivity contribution in [2.45, 2.75) is 31.9 Å². The van der Waals surface area contributed by atoms with Gasteiger partial charge in [-0.3, -0.25) is 0 Å². The highest BCUT2D eigenvalue weighted by atomic mass is 16.3. The molecular weight excluding hydrogens is 116 g/mol. The number of aliphatic hydroxyl groups is 1. The Kier molecular flexibility index (Phi) is 3.11. The zero-order valence-corrected chi connectivity index (χ0v) is 6.09. The van der Waals surface area contributed by atoms with Gasteiger partial charge in [-0.15, -0.1) is 0 Å². The third-order valence-corrected chi connectivity index (χ3v) is 1.87. The lowest BCUT2D eigenvalue weighted by molar-refractivity contribution is 0.102. The average molecular weight is 132 g/mol. The van der Waals surface area contributed by atoms with Gasteiger partial charge in [0, 0.05) is 6.54 Å². The van der Waals surface area contributed by atoms with Crippen LogP contribution < -0.4 is 11.5 Å². The molecule has 0 aliphatic carbocycles. The normalized spacial score (nSPS) is 21.0. The highest BCUT2D eigenvalue weighted by Crippen LogP contribution is 2.08. The smallest absolute Gasteiger partial charge is 0.0703 e. The van der Waals surface area contributed by atoms with Gasteiger partial charge in [-0.25, -0.2) is 0 Å². The fraction of sp³-hybridized carbons (Fsp3) is 1.00. The standard InChI is InChI=1S/C6H16N2O/c1-3-6(8,4-7)5(2)9/h5,9H,3-4,7-8H2,1-2H3. The predicted molar refractivity (Wildman–Crippen MR) is 37.9 cm³/mol. The summed E-state index contributed by atoms with van der Waals surface area (Å²) in [5.41, 5.74) is 10.4. The molecule has 0 aromatic carbocycles. The summed E-state index contributed by atoms with van der Waals surface area (Å²) in [7, 11) is 0. The van der Waals surface area contributed by atoms with E-state index in [1.54, 1.807) is 6.92 Å². The van der Waals surface area contributed by atoms with Gasteiger partial charge >= 0.3 is 0 Å². The summed E-state index contributed by atoms with van der Waals surface area (Å²) < 4.78 is 0. The first-order valence-electron chi connectivity index (χ1n) is 3.24. The maximum atomic E-state index is 9.07. The van der Waals surface area contributed by atoms with Crippen LogP contribution in [-0.4, -0.2) is 23.3 Å². The molecule has 0 radical (unpaired) electrons. The number of hydrogen-bond donors (Lipinski definition) is 3. The molecule has 0 aromatic heterocycles.